The number of carbonyl (C=O) groups is 1. The number of amides is 1. The lowest BCUT2D eigenvalue weighted by atomic mass is 10.2. The van der Waals surface area contributed by atoms with Gasteiger partial charge in [-0.25, -0.2) is 0 Å². The highest BCUT2D eigenvalue weighted by Gasteiger charge is 2.12. The number of nitrogens with two attached hydrogens (primary N) is 1. The van der Waals surface area contributed by atoms with Crippen molar-refractivity contribution in [2.24, 2.45) is 5.73 Å². The van der Waals surface area contributed by atoms with Gasteiger partial charge in [0, 0.05) is 13.1 Å². The molecule has 0 aliphatic rings. The fourth-order valence-corrected chi connectivity index (χ4v) is 2.19. The molecule has 6 nitrogen and oxygen atoms in total. The van der Waals surface area contributed by atoms with Gasteiger partial charge in [-0.15, -0.1) is 0 Å². The molecule has 0 bridgehead atoms. The number of benzene rings is 1. The number of aliphatic hydroxyl groups is 1. The highest BCUT2D eigenvalue weighted by atomic mass is 79.9. The van der Waals surface area contributed by atoms with E-state index in [1.165, 1.54) is 7.11 Å². The van der Waals surface area contributed by atoms with Gasteiger partial charge in [0.2, 0.25) is 0 Å². The van der Waals surface area contributed by atoms with Crippen molar-refractivity contribution < 1.29 is 19.4 Å². The molecule has 0 aliphatic heterocycles. The number of rotatable bonds is 8. The van der Waals surface area contributed by atoms with Crippen LogP contribution in [0, 0.1) is 0 Å². The average Bonchev–Trinajstić information content (AvgIpc) is 2.36. The molecule has 1 aromatic rings. The van der Waals surface area contributed by atoms with Crippen molar-refractivity contribution in [3.05, 3.63) is 22.2 Å². The zero-order valence-electron chi connectivity index (χ0n) is 11.5. The van der Waals surface area contributed by atoms with E-state index >= 15 is 0 Å². The Bertz CT molecular complexity index is 466. The maximum atomic E-state index is 10.8. The molecular formula is C13H19BrN2O4. The second-order valence-electron chi connectivity index (χ2n) is 4.34. The SMILES string of the molecule is COc1cc(CNCC(C)O)cc(Br)c1OCC(N)=O. The van der Waals surface area contributed by atoms with Crippen LogP contribution in [0.2, 0.25) is 0 Å². The highest BCUT2D eigenvalue weighted by molar-refractivity contribution is 9.10. The van der Waals surface area contributed by atoms with Gasteiger partial charge in [-0.1, -0.05) is 0 Å². The van der Waals surface area contributed by atoms with Gasteiger partial charge in [0.1, 0.15) is 0 Å². The van der Waals surface area contributed by atoms with Gasteiger partial charge >= 0.3 is 0 Å². The Morgan fingerprint density at radius 1 is 1.55 bits per heavy atom. The first-order valence-corrected chi connectivity index (χ1v) is 6.89. The van der Waals surface area contributed by atoms with Gasteiger partial charge in [0.25, 0.3) is 5.91 Å². The number of hydrogen-bond acceptors (Lipinski definition) is 5. The third-order valence-corrected chi connectivity index (χ3v) is 3.01. The molecule has 0 saturated heterocycles. The Hall–Kier alpha value is -1.31. The molecule has 1 rings (SSSR count). The Morgan fingerprint density at radius 3 is 2.80 bits per heavy atom. The summed E-state index contributed by atoms with van der Waals surface area (Å²) in [5, 5.41) is 12.3. The van der Waals surface area contributed by atoms with Crippen LogP contribution >= 0.6 is 15.9 Å². The Labute approximate surface area is 126 Å². The first-order valence-electron chi connectivity index (χ1n) is 6.10. The molecule has 0 aromatic heterocycles. The van der Waals surface area contributed by atoms with Crippen LogP contribution in [0.15, 0.2) is 16.6 Å². The molecule has 7 heteroatoms. The van der Waals surface area contributed by atoms with Crippen LogP contribution in [0.3, 0.4) is 0 Å². The minimum atomic E-state index is -0.554. The minimum absolute atomic E-state index is 0.214. The first kappa shape index (κ1) is 16.7. The number of carbonyl (C=O) groups excluding carboxylic acids is 1. The van der Waals surface area contributed by atoms with E-state index in [-0.39, 0.29) is 6.61 Å². The van der Waals surface area contributed by atoms with Crippen LogP contribution in [-0.4, -0.2) is 37.4 Å². The van der Waals surface area contributed by atoms with Crippen LogP contribution in [0.5, 0.6) is 11.5 Å². The van der Waals surface area contributed by atoms with E-state index in [0.717, 1.165) is 5.56 Å². The lowest BCUT2D eigenvalue weighted by Gasteiger charge is -2.14. The summed E-state index contributed by atoms with van der Waals surface area (Å²) >= 11 is 3.38. The van der Waals surface area contributed by atoms with Crippen LogP contribution in [0.1, 0.15) is 12.5 Å². The fourth-order valence-electron chi connectivity index (χ4n) is 1.58. The summed E-state index contributed by atoms with van der Waals surface area (Å²) in [4.78, 5) is 10.8. The van der Waals surface area contributed by atoms with Crippen LogP contribution in [-0.2, 0) is 11.3 Å². The Kier molecular flexibility index (Phi) is 6.77. The molecule has 0 fully saturated rings. The third kappa shape index (κ3) is 5.36. The second kappa shape index (κ2) is 8.08. The smallest absolute Gasteiger partial charge is 0.255 e. The quantitative estimate of drug-likeness (QED) is 0.647. The van der Waals surface area contributed by atoms with Gasteiger partial charge in [0.05, 0.1) is 17.7 Å². The molecule has 1 unspecified atom stereocenters. The number of methoxy groups -OCH3 is 1. The van der Waals surface area contributed by atoms with E-state index in [0.29, 0.717) is 29.1 Å². The second-order valence-corrected chi connectivity index (χ2v) is 5.20. The molecule has 0 aliphatic carbocycles. The summed E-state index contributed by atoms with van der Waals surface area (Å²) < 4.78 is 11.2. The molecule has 1 aromatic carbocycles. The van der Waals surface area contributed by atoms with Crippen molar-refractivity contribution in [1.29, 1.82) is 0 Å². The van der Waals surface area contributed by atoms with E-state index in [9.17, 15) is 9.90 Å². The molecule has 0 radical (unpaired) electrons. The normalized spacial score (nSPS) is 12.0. The lowest BCUT2D eigenvalue weighted by molar-refractivity contribution is -0.119. The van der Waals surface area contributed by atoms with E-state index in [2.05, 4.69) is 21.2 Å². The van der Waals surface area contributed by atoms with Gasteiger partial charge < -0.3 is 25.6 Å². The van der Waals surface area contributed by atoms with E-state index in [1.807, 2.05) is 6.07 Å². The Balaban J connectivity index is 2.81. The van der Waals surface area contributed by atoms with Crippen molar-refractivity contribution in [2.75, 3.05) is 20.3 Å². The molecule has 1 atom stereocenters. The predicted molar refractivity (Wildman–Crippen MR) is 78.8 cm³/mol. The summed E-state index contributed by atoms with van der Waals surface area (Å²) in [5.41, 5.74) is 6.01. The van der Waals surface area contributed by atoms with E-state index < -0.39 is 12.0 Å². The summed E-state index contributed by atoms with van der Waals surface area (Å²) in [6.45, 7) is 2.58. The number of primary amides is 1. The maximum Gasteiger partial charge on any atom is 0.255 e. The first-order chi connectivity index (χ1) is 9.43. The Morgan fingerprint density at radius 2 is 2.25 bits per heavy atom. The topological polar surface area (TPSA) is 93.8 Å². The molecule has 0 spiro atoms. The summed E-state index contributed by atoms with van der Waals surface area (Å²) in [7, 11) is 1.52. The molecule has 112 valence electrons. The molecule has 4 N–H and O–H groups in total. The summed E-state index contributed by atoms with van der Waals surface area (Å²) in [6, 6.07) is 3.66. The highest BCUT2D eigenvalue weighted by Crippen LogP contribution is 2.36. The van der Waals surface area contributed by atoms with Crippen molar-refractivity contribution in [3.8, 4) is 11.5 Å². The van der Waals surface area contributed by atoms with Gasteiger partial charge in [-0.3, -0.25) is 4.79 Å². The zero-order chi connectivity index (χ0) is 15.1. The number of halogens is 1. The third-order valence-electron chi connectivity index (χ3n) is 2.42. The average molecular weight is 347 g/mol. The minimum Gasteiger partial charge on any atom is -0.493 e. The number of nitrogens with one attached hydrogen (secondary N) is 1. The number of aliphatic hydroxyl groups excluding tert-OH is 1. The van der Waals surface area contributed by atoms with Crippen molar-refractivity contribution in [3.63, 3.8) is 0 Å². The largest absolute Gasteiger partial charge is 0.493 e. The maximum absolute atomic E-state index is 10.8. The van der Waals surface area contributed by atoms with Crippen molar-refractivity contribution in [2.45, 2.75) is 19.6 Å². The lowest BCUT2D eigenvalue weighted by Crippen LogP contribution is -2.24. The number of hydrogen-bond donors (Lipinski definition) is 3. The van der Waals surface area contributed by atoms with Gasteiger partial charge in [-0.05, 0) is 40.5 Å². The van der Waals surface area contributed by atoms with Gasteiger partial charge in [-0.2, -0.15) is 0 Å². The van der Waals surface area contributed by atoms with Crippen LogP contribution in [0.4, 0.5) is 0 Å². The van der Waals surface area contributed by atoms with Crippen LogP contribution in [0.25, 0.3) is 0 Å². The number of ether oxygens (including phenoxy) is 2. The molecule has 1 amide bonds. The monoisotopic (exact) mass is 346 g/mol. The summed E-state index contributed by atoms with van der Waals surface area (Å²) in [6.07, 6.45) is -0.404. The molecule has 0 saturated carbocycles. The van der Waals surface area contributed by atoms with E-state index in [1.54, 1.807) is 13.0 Å². The fraction of sp³-hybridized carbons (Fsp3) is 0.462. The molecule has 0 heterocycles. The summed E-state index contributed by atoms with van der Waals surface area (Å²) in [5.74, 6) is 0.390. The van der Waals surface area contributed by atoms with Gasteiger partial charge in [0.15, 0.2) is 18.1 Å². The van der Waals surface area contributed by atoms with E-state index in [4.69, 9.17) is 15.2 Å². The molecular weight excluding hydrogens is 328 g/mol. The van der Waals surface area contributed by atoms with Crippen molar-refractivity contribution >= 4 is 21.8 Å². The zero-order valence-corrected chi connectivity index (χ0v) is 13.1. The standard InChI is InChI=1S/C13H19BrN2O4/c1-8(17)5-16-6-9-3-10(14)13(11(4-9)19-2)20-7-12(15)18/h3-4,8,16-17H,5-7H2,1-2H3,(H2,15,18). The van der Waals surface area contributed by atoms with Crippen LogP contribution < -0.4 is 20.5 Å². The molecule has 20 heavy (non-hydrogen) atoms. The van der Waals surface area contributed by atoms with Crippen molar-refractivity contribution in [1.82, 2.24) is 5.32 Å². The predicted octanol–water partition coefficient (Wildman–Crippen LogP) is 0.792.